The van der Waals surface area contributed by atoms with Crippen LogP contribution < -0.4 is 5.32 Å². The molecule has 2 amide bonds. The summed E-state index contributed by atoms with van der Waals surface area (Å²) >= 11 is 0. The fourth-order valence-electron chi connectivity index (χ4n) is 1.62. The molecular weight excluding hydrogens is 192 g/mol. The standard InChI is InChI=1S/C11H20N2O2/c1-3-6-13(7-4-2)11(14)12-10-5-8-15-9-10/h3,10H,1,4-9H2,2H3,(H,12,14). The van der Waals surface area contributed by atoms with Gasteiger partial charge in [0.1, 0.15) is 0 Å². The fourth-order valence-corrected chi connectivity index (χ4v) is 1.62. The highest BCUT2D eigenvalue weighted by Gasteiger charge is 2.20. The summed E-state index contributed by atoms with van der Waals surface area (Å²) in [5.41, 5.74) is 0. The zero-order valence-corrected chi connectivity index (χ0v) is 9.37. The first-order chi connectivity index (χ1) is 7.27. The highest BCUT2D eigenvalue weighted by atomic mass is 16.5. The molecule has 1 N–H and O–H groups in total. The zero-order valence-electron chi connectivity index (χ0n) is 9.37. The molecular formula is C11H20N2O2. The molecule has 0 bridgehead atoms. The summed E-state index contributed by atoms with van der Waals surface area (Å²) in [5, 5.41) is 2.96. The topological polar surface area (TPSA) is 41.6 Å². The quantitative estimate of drug-likeness (QED) is 0.700. The van der Waals surface area contributed by atoms with Crippen LogP contribution in [0, 0.1) is 0 Å². The molecule has 1 rings (SSSR count). The molecule has 0 aromatic carbocycles. The van der Waals surface area contributed by atoms with Crippen LogP contribution in [0.15, 0.2) is 12.7 Å². The summed E-state index contributed by atoms with van der Waals surface area (Å²) in [5.74, 6) is 0. The van der Waals surface area contributed by atoms with Crippen molar-refractivity contribution in [2.24, 2.45) is 0 Å². The van der Waals surface area contributed by atoms with Crippen molar-refractivity contribution in [1.29, 1.82) is 0 Å². The minimum Gasteiger partial charge on any atom is -0.379 e. The predicted octanol–water partition coefficient (Wildman–Crippen LogP) is 1.38. The van der Waals surface area contributed by atoms with Crippen LogP contribution in [0.5, 0.6) is 0 Å². The molecule has 1 saturated heterocycles. The van der Waals surface area contributed by atoms with E-state index in [1.54, 1.807) is 11.0 Å². The molecule has 0 aromatic rings. The van der Waals surface area contributed by atoms with Crippen LogP contribution in [0.3, 0.4) is 0 Å². The number of carbonyl (C=O) groups is 1. The number of urea groups is 1. The Balaban J connectivity index is 2.36. The fraction of sp³-hybridized carbons (Fsp3) is 0.727. The van der Waals surface area contributed by atoms with Crippen molar-refractivity contribution < 1.29 is 9.53 Å². The van der Waals surface area contributed by atoms with Gasteiger partial charge in [0.15, 0.2) is 0 Å². The molecule has 4 heteroatoms. The second-order valence-electron chi connectivity index (χ2n) is 3.74. The number of hydrogen-bond donors (Lipinski definition) is 1. The van der Waals surface area contributed by atoms with Crippen molar-refractivity contribution in [3.8, 4) is 0 Å². The maximum absolute atomic E-state index is 11.8. The first kappa shape index (κ1) is 12.0. The Morgan fingerprint density at radius 1 is 1.73 bits per heavy atom. The van der Waals surface area contributed by atoms with E-state index in [0.717, 1.165) is 26.0 Å². The lowest BCUT2D eigenvalue weighted by Crippen LogP contribution is -2.45. The third-order valence-electron chi connectivity index (χ3n) is 2.39. The van der Waals surface area contributed by atoms with Crippen molar-refractivity contribution in [3.05, 3.63) is 12.7 Å². The van der Waals surface area contributed by atoms with E-state index in [4.69, 9.17) is 4.74 Å². The number of ether oxygens (including phenoxy) is 1. The Hall–Kier alpha value is -1.03. The van der Waals surface area contributed by atoms with E-state index >= 15 is 0 Å². The number of nitrogens with one attached hydrogen (secondary N) is 1. The average molecular weight is 212 g/mol. The summed E-state index contributed by atoms with van der Waals surface area (Å²) < 4.78 is 5.20. The predicted molar refractivity (Wildman–Crippen MR) is 59.8 cm³/mol. The van der Waals surface area contributed by atoms with Crippen LogP contribution in [0.2, 0.25) is 0 Å². The molecule has 86 valence electrons. The largest absolute Gasteiger partial charge is 0.379 e. The normalized spacial score (nSPS) is 19.9. The molecule has 15 heavy (non-hydrogen) atoms. The minimum absolute atomic E-state index is 0.00718. The molecule has 0 aromatic heterocycles. The Morgan fingerprint density at radius 3 is 3.07 bits per heavy atom. The van der Waals surface area contributed by atoms with E-state index in [2.05, 4.69) is 18.8 Å². The van der Waals surface area contributed by atoms with Crippen LogP contribution in [0.25, 0.3) is 0 Å². The molecule has 0 saturated carbocycles. The number of hydrogen-bond acceptors (Lipinski definition) is 2. The van der Waals surface area contributed by atoms with Crippen LogP contribution >= 0.6 is 0 Å². The number of amides is 2. The second-order valence-corrected chi connectivity index (χ2v) is 3.74. The van der Waals surface area contributed by atoms with Crippen LogP contribution in [-0.4, -0.2) is 43.3 Å². The van der Waals surface area contributed by atoms with Gasteiger partial charge in [-0.05, 0) is 12.8 Å². The maximum atomic E-state index is 11.8. The highest BCUT2D eigenvalue weighted by molar-refractivity contribution is 5.74. The lowest BCUT2D eigenvalue weighted by molar-refractivity contribution is 0.180. The Labute approximate surface area is 91.3 Å². The van der Waals surface area contributed by atoms with Crippen molar-refractivity contribution >= 4 is 6.03 Å². The summed E-state index contributed by atoms with van der Waals surface area (Å²) in [6.45, 7) is 8.47. The number of carbonyl (C=O) groups excluding carboxylic acids is 1. The SMILES string of the molecule is C=CCN(CCC)C(=O)NC1CCOC1. The van der Waals surface area contributed by atoms with E-state index in [1.807, 2.05) is 0 Å². The van der Waals surface area contributed by atoms with Gasteiger partial charge in [0.05, 0.1) is 12.6 Å². The van der Waals surface area contributed by atoms with Crippen LogP contribution in [-0.2, 0) is 4.74 Å². The lowest BCUT2D eigenvalue weighted by atomic mass is 10.3. The molecule has 1 atom stereocenters. The summed E-state index contributed by atoms with van der Waals surface area (Å²) in [7, 11) is 0. The monoisotopic (exact) mass is 212 g/mol. The molecule has 0 aliphatic carbocycles. The van der Waals surface area contributed by atoms with Gasteiger partial charge < -0.3 is 15.0 Å². The van der Waals surface area contributed by atoms with Crippen molar-refractivity contribution in [2.45, 2.75) is 25.8 Å². The third kappa shape index (κ3) is 3.91. The Kier molecular flexibility index (Phi) is 5.18. The molecule has 1 heterocycles. The highest BCUT2D eigenvalue weighted by Crippen LogP contribution is 2.04. The molecule has 1 fully saturated rings. The van der Waals surface area contributed by atoms with Crippen molar-refractivity contribution in [2.75, 3.05) is 26.3 Å². The third-order valence-corrected chi connectivity index (χ3v) is 2.39. The molecule has 1 aliphatic rings. The molecule has 1 unspecified atom stereocenters. The number of rotatable bonds is 5. The molecule has 0 radical (unpaired) electrons. The van der Waals surface area contributed by atoms with Gasteiger partial charge in [-0.15, -0.1) is 6.58 Å². The molecule has 0 spiro atoms. The average Bonchev–Trinajstić information content (AvgIpc) is 2.70. The zero-order chi connectivity index (χ0) is 11.1. The lowest BCUT2D eigenvalue weighted by Gasteiger charge is -2.22. The van der Waals surface area contributed by atoms with E-state index in [0.29, 0.717) is 13.2 Å². The van der Waals surface area contributed by atoms with E-state index in [1.165, 1.54) is 0 Å². The van der Waals surface area contributed by atoms with Gasteiger partial charge in [0.2, 0.25) is 0 Å². The summed E-state index contributed by atoms with van der Waals surface area (Å²) in [6.07, 6.45) is 3.63. The van der Waals surface area contributed by atoms with Crippen LogP contribution in [0.1, 0.15) is 19.8 Å². The number of nitrogens with zero attached hydrogens (tertiary/aromatic N) is 1. The van der Waals surface area contributed by atoms with E-state index < -0.39 is 0 Å². The van der Waals surface area contributed by atoms with Crippen LogP contribution in [0.4, 0.5) is 4.79 Å². The van der Waals surface area contributed by atoms with Crippen molar-refractivity contribution in [3.63, 3.8) is 0 Å². The van der Waals surface area contributed by atoms with Gasteiger partial charge in [-0.2, -0.15) is 0 Å². The van der Waals surface area contributed by atoms with Gasteiger partial charge in [0, 0.05) is 19.7 Å². The van der Waals surface area contributed by atoms with Gasteiger partial charge >= 0.3 is 6.03 Å². The Bertz CT molecular complexity index is 213. The van der Waals surface area contributed by atoms with E-state index in [9.17, 15) is 4.79 Å². The Morgan fingerprint density at radius 2 is 2.53 bits per heavy atom. The molecule has 4 nitrogen and oxygen atoms in total. The first-order valence-corrected chi connectivity index (χ1v) is 5.52. The summed E-state index contributed by atoms with van der Waals surface area (Å²) in [6, 6.07) is 0.175. The van der Waals surface area contributed by atoms with Gasteiger partial charge in [-0.1, -0.05) is 13.0 Å². The second kappa shape index (κ2) is 6.45. The van der Waals surface area contributed by atoms with Crippen molar-refractivity contribution in [1.82, 2.24) is 10.2 Å². The van der Waals surface area contributed by atoms with Gasteiger partial charge in [0.25, 0.3) is 0 Å². The van der Waals surface area contributed by atoms with E-state index in [-0.39, 0.29) is 12.1 Å². The maximum Gasteiger partial charge on any atom is 0.317 e. The van der Waals surface area contributed by atoms with Gasteiger partial charge in [-0.25, -0.2) is 4.79 Å². The molecule has 1 aliphatic heterocycles. The van der Waals surface area contributed by atoms with Gasteiger partial charge in [-0.3, -0.25) is 0 Å². The first-order valence-electron chi connectivity index (χ1n) is 5.52. The smallest absolute Gasteiger partial charge is 0.317 e. The summed E-state index contributed by atoms with van der Waals surface area (Å²) in [4.78, 5) is 13.6. The minimum atomic E-state index is -0.00718.